The Morgan fingerprint density at radius 3 is 2.72 bits per heavy atom. The van der Waals surface area contributed by atoms with Crippen LogP contribution in [0.25, 0.3) is 0 Å². The van der Waals surface area contributed by atoms with Gasteiger partial charge in [0.1, 0.15) is 11.5 Å². The Hall–Kier alpha value is -1.69. The quantitative estimate of drug-likeness (QED) is 0.627. The van der Waals surface area contributed by atoms with Crippen LogP contribution in [0.5, 0.6) is 0 Å². The van der Waals surface area contributed by atoms with Crippen molar-refractivity contribution in [1.29, 1.82) is 0 Å². The largest absolute Gasteiger partial charge is 0.379 e. The van der Waals surface area contributed by atoms with Gasteiger partial charge in [-0.1, -0.05) is 0 Å². The van der Waals surface area contributed by atoms with Crippen molar-refractivity contribution in [1.82, 2.24) is 0 Å². The Kier molecular flexibility index (Phi) is 4.61. The molecule has 0 saturated heterocycles. The normalized spacial score (nSPS) is 11.3. The highest BCUT2D eigenvalue weighted by molar-refractivity contribution is 5.61. The van der Waals surface area contributed by atoms with Crippen LogP contribution >= 0.6 is 0 Å². The van der Waals surface area contributed by atoms with Crippen molar-refractivity contribution >= 4 is 11.4 Å². The van der Waals surface area contributed by atoms with Gasteiger partial charge in [0.2, 0.25) is 0 Å². The van der Waals surface area contributed by atoms with Gasteiger partial charge in [-0.25, -0.2) is 4.39 Å². The Balaban J connectivity index is 2.70. The average molecular weight is 256 g/mol. The first-order valence-corrected chi connectivity index (χ1v) is 5.59. The molecule has 1 aromatic carbocycles. The van der Waals surface area contributed by atoms with Gasteiger partial charge >= 0.3 is 0 Å². The van der Waals surface area contributed by atoms with Crippen molar-refractivity contribution < 1.29 is 14.1 Å². The van der Waals surface area contributed by atoms with Gasteiger partial charge in [-0.05, 0) is 32.4 Å². The van der Waals surface area contributed by atoms with E-state index in [2.05, 4.69) is 5.32 Å². The van der Waals surface area contributed by atoms with Crippen LogP contribution in [0.1, 0.15) is 20.3 Å². The number of nitrogens with zero attached hydrogens (tertiary/aromatic N) is 1. The fraction of sp³-hybridized carbons (Fsp3) is 0.500. The molecule has 0 atom stereocenters. The zero-order valence-corrected chi connectivity index (χ0v) is 10.7. The summed E-state index contributed by atoms with van der Waals surface area (Å²) >= 11 is 0. The van der Waals surface area contributed by atoms with E-state index >= 15 is 0 Å². The van der Waals surface area contributed by atoms with E-state index in [1.54, 1.807) is 7.11 Å². The molecule has 1 N–H and O–H groups in total. The van der Waals surface area contributed by atoms with Crippen LogP contribution in [0.3, 0.4) is 0 Å². The van der Waals surface area contributed by atoms with Crippen molar-refractivity contribution in [2.75, 3.05) is 19.0 Å². The van der Waals surface area contributed by atoms with E-state index in [0.717, 1.165) is 6.07 Å². The molecule has 0 unspecified atom stereocenters. The van der Waals surface area contributed by atoms with Crippen molar-refractivity contribution in [3.05, 3.63) is 34.1 Å². The molecule has 0 saturated carbocycles. The number of halogens is 1. The van der Waals surface area contributed by atoms with Gasteiger partial charge in [-0.3, -0.25) is 10.1 Å². The molecule has 0 bridgehead atoms. The number of methoxy groups -OCH3 is 1. The van der Waals surface area contributed by atoms with Crippen molar-refractivity contribution in [3.63, 3.8) is 0 Å². The molecule has 0 fully saturated rings. The second-order valence-electron chi connectivity index (χ2n) is 4.56. The van der Waals surface area contributed by atoms with E-state index in [-0.39, 0.29) is 11.3 Å². The van der Waals surface area contributed by atoms with Crippen molar-refractivity contribution in [3.8, 4) is 0 Å². The summed E-state index contributed by atoms with van der Waals surface area (Å²) in [5.41, 5.74) is -0.250. The Morgan fingerprint density at radius 2 is 2.17 bits per heavy atom. The maximum absolute atomic E-state index is 12.9. The van der Waals surface area contributed by atoms with E-state index in [4.69, 9.17) is 4.74 Å². The SMILES string of the molecule is COC(C)(C)CCNc1ccc(F)cc1[N+](=O)[O-]. The molecular weight excluding hydrogens is 239 g/mol. The number of nitrogens with one attached hydrogen (secondary N) is 1. The van der Waals surface area contributed by atoms with Gasteiger partial charge in [0.15, 0.2) is 0 Å². The van der Waals surface area contributed by atoms with Gasteiger partial charge < -0.3 is 10.1 Å². The fourth-order valence-corrected chi connectivity index (χ4v) is 1.41. The van der Waals surface area contributed by atoms with Gasteiger partial charge in [-0.2, -0.15) is 0 Å². The minimum Gasteiger partial charge on any atom is -0.379 e. The molecule has 0 aliphatic rings. The Morgan fingerprint density at radius 1 is 1.50 bits per heavy atom. The number of hydrogen-bond acceptors (Lipinski definition) is 4. The van der Waals surface area contributed by atoms with E-state index in [1.807, 2.05) is 13.8 Å². The molecule has 0 aliphatic heterocycles. The predicted molar refractivity (Wildman–Crippen MR) is 67.2 cm³/mol. The summed E-state index contributed by atoms with van der Waals surface area (Å²) in [6.45, 7) is 4.36. The molecule has 0 aromatic heterocycles. The molecule has 5 nitrogen and oxygen atoms in total. The second kappa shape index (κ2) is 5.77. The second-order valence-corrected chi connectivity index (χ2v) is 4.56. The van der Waals surface area contributed by atoms with Crippen LogP contribution in [0, 0.1) is 15.9 Å². The molecular formula is C12H17FN2O3. The summed E-state index contributed by atoms with van der Waals surface area (Å²) in [4.78, 5) is 10.2. The lowest BCUT2D eigenvalue weighted by Gasteiger charge is -2.22. The lowest BCUT2D eigenvalue weighted by atomic mass is 10.1. The number of hydrogen-bond donors (Lipinski definition) is 1. The molecule has 0 heterocycles. The Labute approximate surface area is 105 Å². The van der Waals surface area contributed by atoms with Gasteiger partial charge in [0, 0.05) is 13.7 Å². The molecule has 100 valence electrons. The number of ether oxygens (including phenoxy) is 1. The van der Waals surface area contributed by atoms with Crippen LogP contribution in [0.15, 0.2) is 18.2 Å². The van der Waals surface area contributed by atoms with Gasteiger partial charge in [0.05, 0.1) is 16.6 Å². The number of nitro benzene ring substituents is 1. The van der Waals surface area contributed by atoms with Crippen LogP contribution in [0.2, 0.25) is 0 Å². The highest BCUT2D eigenvalue weighted by Gasteiger charge is 2.18. The van der Waals surface area contributed by atoms with Crippen LogP contribution in [0.4, 0.5) is 15.8 Å². The first kappa shape index (κ1) is 14.4. The highest BCUT2D eigenvalue weighted by Crippen LogP contribution is 2.25. The zero-order valence-electron chi connectivity index (χ0n) is 10.7. The van der Waals surface area contributed by atoms with Gasteiger partial charge in [-0.15, -0.1) is 0 Å². The number of nitro groups is 1. The summed E-state index contributed by atoms with van der Waals surface area (Å²) < 4.78 is 18.2. The number of benzene rings is 1. The standard InChI is InChI=1S/C12H17FN2O3/c1-12(2,18-3)6-7-14-10-5-4-9(13)8-11(10)15(16)17/h4-5,8,14H,6-7H2,1-3H3. The molecule has 1 rings (SSSR count). The zero-order chi connectivity index (χ0) is 13.8. The van der Waals surface area contributed by atoms with Crippen molar-refractivity contribution in [2.45, 2.75) is 25.9 Å². The summed E-state index contributed by atoms with van der Waals surface area (Å²) in [7, 11) is 1.61. The Bertz CT molecular complexity index is 435. The highest BCUT2D eigenvalue weighted by atomic mass is 19.1. The molecule has 1 aromatic rings. The molecule has 0 radical (unpaired) electrons. The molecule has 0 amide bonds. The molecule has 0 aliphatic carbocycles. The lowest BCUT2D eigenvalue weighted by Crippen LogP contribution is -2.25. The first-order valence-electron chi connectivity index (χ1n) is 5.59. The number of rotatable bonds is 6. The topological polar surface area (TPSA) is 64.4 Å². The van der Waals surface area contributed by atoms with Crippen LogP contribution in [-0.2, 0) is 4.74 Å². The van der Waals surface area contributed by atoms with E-state index in [0.29, 0.717) is 18.7 Å². The molecule has 6 heteroatoms. The van der Waals surface area contributed by atoms with Crippen molar-refractivity contribution in [2.24, 2.45) is 0 Å². The third-order valence-corrected chi connectivity index (χ3v) is 2.75. The minimum absolute atomic E-state index is 0.259. The first-order chi connectivity index (χ1) is 8.35. The number of anilines is 1. The summed E-state index contributed by atoms with van der Waals surface area (Å²) in [6.07, 6.45) is 0.679. The van der Waals surface area contributed by atoms with E-state index in [9.17, 15) is 14.5 Å². The van der Waals surface area contributed by atoms with E-state index in [1.165, 1.54) is 12.1 Å². The third-order valence-electron chi connectivity index (χ3n) is 2.75. The predicted octanol–water partition coefficient (Wildman–Crippen LogP) is 2.96. The minimum atomic E-state index is -0.621. The molecule has 0 spiro atoms. The monoisotopic (exact) mass is 256 g/mol. The van der Waals surface area contributed by atoms with Crippen LogP contribution < -0.4 is 5.32 Å². The average Bonchev–Trinajstić information content (AvgIpc) is 2.30. The maximum atomic E-state index is 12.9. The fourth-order valence-electron chi connectivity index (χ4n) is 1.41. The summed E-state index contributed by atoms with van der Waals surface area (Å²) in [5.74, 6) is -0.621. The third kappa shape index (κ3) is 3.96. The smallest absolute Gasteiger partial charge is 0.295 e. The van der Waals surface area contributed by atoms with Crippen LogP contribution in [-0.4, -0.2) is 24.2 Å². The summed E-state index contributed by atoms with van der Waals surface area (Å²) in [5, 5.41) is 13.7. The summed E-state index contributed by atoms with van der Waals surface area (Å²) in [6, 6.07) is 3.47. The molecule has 18 heavy (non-hydrogen) atoms. The lowest BCUT2D eigenvalue weighted by molar-refractivity contribution is -0.384. The van der Waals surface area contributed by atoms with Gasteiger partial charge in [0.25, 0.3) is 5.69 Å². The van der Waals surface area contributed by atoms with E-state index < -0.39 is 10.7 Å². The maximum Gasteiger partial charge on any atom is 0.295 e.